The van der Waals surface area contributed by atoms with E-state index in [0.717, 1.165) is 34.3 Å². The number of methoxy groups -OCH3 is 1. The lowest BCUT2D eigenvalue weighted by Crippen LogP contribution is -2.37. The molecule has 154 valence electrons. The maximum Gasteiger partial charge on any atom is 0.242 e. The number of fused-ring (bicyclic) bond motifs is 1. The van der Waals surface area contributed by atoms with Crippen LogP contribution in [0.5, 0.6) is 5.88 Å². The van der Waals surface area contributed by atoms with Crippen LogP contribution >= 0.6 is 0 Å². The molecule has 0 bridgehead atoms. The van der Waals surface area contributed by atoms with Gasteiger partial charge in [-0.2, -0.15) is 0 Å². The SMILES string of the molecule is CCCCC1CCCC1NC(=O)CCc1c(C)nc2c(c(OC)nn2C)c1C. The van der Waals surface area contributed by atoms with Crippen LogP contribution in [0.4, 0.5) is 0 Å². The Morgan fingerprint density at radius 1 is 1.32 bits per heavy atom. The number of pyridine rings is 1. The number of rotatable bonds is 8. The zero-order chi connectivity index (χ0) is 20.3. The molecule has 6 nitrogen and oxygen atoms in total. The molecular formula is C22H34N4O2. The number of nitrogens with zero attached hydrogens (tertiary/aromatic N) is 3. The molecule has 1 aliphatic carbocycles. The highest BCUT2D eigenvalue weighted by Gasteiger charge is 2.28. The Labute approximate surface area is 168 Å². The Morgan fingerprint density at radius 3 is 2.82 bits per heavy atom. The van der Waals surface area contributed by atoms with Crippen LogP contribution in [0, 0.1) is 19.8 Å². The smallest absolute Gasteiger partial charge is 0.242 e. The molecule has 0 spiro atoms. The van der Waals surface area contributed by atoms with Gasteiger partial charge < -0.3 is 10.1 Å². The number of carbonyl (C=O) groups is 1. The molecule has 2 aromatic heterocycles. The molecule has 1 saturated carbocycles. The van der Waals surface area contributed by atoms with E-state index in [0.29, 0.717) is 30.7 Å². The zero-order valence-corrected chi connectivity index (χ0v) is 18.0. The van der Waals surface area contributed by atoms with Gasteiger partial charge >= 0.3 is 0 Å². The van der Waals surface area contributed by atoms with Gasteiger partial charge in [0.1, 0.15) is 0 Å². The lowest BCUT2D eigenvalue weighted by molar-refractivity contribution is -0.122. The van der Waals surface area contributed by atoms with E-state index in [2.05, 4.69) is 24.3 Å². The highest BCUT2D eigenvalue weighted by atomic mass is 16.5. The van der Waals surface area contributed by atoms with Gasteiger partial charge in [0.2, 0.25) is 11.8 Å². The maximum absolute atomic E-state index is 12.6. The summed E-state index contributed by atoms with van der Waals surface area (Å²) in [6.07, 6.45) is 8.52. The number of hydrogen-bond acceptors (Lipinski definition) is 4. The van der Waals surface area contributed by atoms with Crippen molar-refractivity contribution in [3.8, 4) is 5.88 Å². The summed E-state index contributed by atoms with van der Waals surface area (Å²) in [5.74, 6) is 1.41. The predicted molar refractivity (Wildman–Crippen MR) is 112 cm³/mol. The van der Waals surface area contributed by atoms with Crippen molar-refractivity contribution in [3.05, 3.63) is 16.8 Å². The fourth-order valence-corrected chi connectivity index (χ4v) is 4.66. The van der Waals surface area contributed by atoms with Crippen molar-refractivity contribution in [2.75, 3.05) is 7.11 Å². The molecule has 0 saturated heterocycles. The standard InChI is InChI=1S/C22H34N4O2/c1-6-7-9-16-10-8-11-18(16)24-19(27)13-12-17-14(2)20-21(23-15(17)3)26(4)25-22(20)28-5/h16,18H,6-13H2,1-5H3,(H,24,27). The summed E-state index contributed by atoms with van der Waals surface area (Å²) in [7, 11) is 3.51. The van der Waals surface area contributed by atoms with E-state index >= 15 is 0 Å². The zero-order valence-electron chi connectivity index (χ0n) is 18.0. The quantitative estimate of drug-likeness (QED) is 0.744. The molecule has 0 radical (unpaired) electrons. The van der Waals surface area contributed by atoms with Crippen LogP contribution in [0.25, 0.3) is 11.0 Å². The molecule has 2 aromatic rings. The van der Waals surface area contributed by atoms with Gasteiger partial charge in [-0.3, -0.25) is 4.79 Å². The van der Waals surface area contributed by atoms with Gasteiger partial charge in [0, 0.05) is 25.2 Å². The molecule has 2 atom stereocenters. The van der Waals surface area contributed by atoms with Crippen molar-refractivity contribution in [3.63, 3.8) is 0 Å². The Morgan fingerprint density at radius 2 is 2.11 bits per heavy atom. The summed E-state index contributed by atoms with van der Waals surface area (Å²) < 4.78 is 7.18. The van der Waals surface area contributed by atoms with Crippen molar-refractivity contribution in [1.82, 2.24) is 20.1 Å². The van der Waals surface area contributed by atoms with Crippen LogP contribution in [0.2, 0.25) is 0 Å². The van der Waals surface area contributed by atoms with Crippen LogP contribution in [0.3, 0.4) is 0 Å². The third kappa shape index (κ3) is 4.15. The Hall–Kier alpha value is -2.11. The van der Waals surface area contributed by atoms with Crippen molar-refractivity contribution in [1.29, 1.82) is 0 Å². The molecule has 1 N–H and O–H groups in total. The van der Waals surface area contributed by atoms with E-state index in [1.807, 2.05) is 14.0 Å². The number of carbonyl (C=O) groups excluding carboxylic acids is 1. The van der Waals surface area contributed by atoms with Gasteiger partial charge in [0.15, 0.2) is 5.65 Å². The van der Waals surface area contributed by atoms with Crippen molar-refractivity contribution < 1.29 is 9.53 Å². The number of amides is 1. The van der Waals surface area contributed by atoms with Crippen LogP contribution in [-0.4, -0.2) is 33.8 Å². The number of unbranched alkanes of at least 4 members (excludes halogenated alkanes) is 1. The fourth-order valence-electron chi connectivity index (χ4n) is 4.66. The Balaban J connectivity index is 1.68. The molecule has 0 aromatic carbocycles. The summed E-state index contributed by atoms with van der Waals surface area (Å²) in [6.45, 7) is 6.32. The van der Waals surface area contributed by atoms with E-state index < -0.39 is 0 Å². The van der Waals surface area contributed by atoms with E-state index in [4.69, 9.17) is 9.72 Å². The average molecular weight is 387 g/mol. The van der Waals surface area contributed by atoms with Crippen LogP contribution in [0.15, 0.2) is 0 Å². The largest absolute Gasteiger partial charge is 0.479 e. The first-order valence-electron chi connectivity index (χ1n) is 10.6. The molecule has 1 fully saturated rings. The predicted octanol–water partition coefficient (Wildman–Crippen LogP) is 4.00. The molecule has 28 heavy (non-hydrogen) atoms. The first kappa shape index (κ1) is 20.6. The summed E-state index contributed by atoms with van der Waals surface area (Å²) in [5, 5.41) is 8.66. The summed E-state index contributed by atoms with van der Waals surface area (Å²) >= 11 is 0. The number of aromatic nitrogens is 3. The van der Waals surface area contributed by atoms with Crippen molar-refractivity contribution in [2.45, 2.75) is 78.2 Å². The van der Waals surface area contributed by atoms with E-state index in [-0.39, 0.29) is 5.91 Å². The maximum atomic E-state index is 12.6. The minimum atomic E-state index is 0.158. The second-order valence-corrected chi connectivity index (χ2v) is 8.14. The van der Waals surface area contributed by atoms with E-state index in [9.17, 15) is 4.79 Å². The minimum Gasteiger partial charge on any atom is -0.479 e. The summed E-state index contributed by atoms with van der Waals surface area (Å²) in [6, 6.07) is 0.361. The lowest BCUT2D eigenvalue weighted by atomic mass is 9.96. The summed E-state index contributed by atoms with van der Waals surface area (Å²) in [5.41, 5.74) is 4.03. The van der Waals surface area contributed by atoms with Gasteiger partial charge in [-0.15, -0.1) is 5.10 Å². The van der Waals surface area contributed by atoms with Crippen molar-refractivity contribution in [2.24, 2.45) is 13.0 Å². The lowest BCUT2D eigenvalue weighted by Gasteiger charge is -2.21. The molecule has 1 amide bonds. The molecule has 0 aliphatic heterocycles. The third-order valence-corrected chi connectivity index (χ3v) is 6.25. The van der Waals surface area contributed by atoms with Crippen LogP contribution < -0.4 is 10.1 Å². The summed E-state index contributed by atoms with van der Waals surface area (Å²) in [4.78, 5) is 17.4. The number of ether oxygens (including phenoxy) is 1. The van der Waals surface area contributed by atoms with Crippen molar-refractivity contribution >= 4 is 16.9 Å². The van der Waals surface area contributed by atoms with Gasteiger partial charge in [0.05, 0.1) is 12.5 Å². The third-order valence-electron chi connectivity index (χ3n) is 6.25. The van der Waals surface area contributed by atoms with Gasteiger partial charge in [0.25, 0.3) is 0 Å². The number of nitrogens with one attached hydrogen (secondary N) is 1. The van der Waals surface area contributed by atoms with Crippen LogP contribution in [0.1, 0.15) is 68.7 Å². The normalized spacial score (nSPS) is 19.3. The van der Waals surface area contributed by atoms with Gasteiger partial charge in [-0.05, 0) is 56.6 Å². The fraction of sp³-hybridized carbons (Fsp3) is 0.682. The molecule has 2 unspecified atom stereocenters. The molecule has 1 aliphatic rings. The van der Waals surface area contributed by atoms with Crippen LogP contribution in [-0.2, 0) is 18.3 Å². The number of aryl methyl sites for hydroxylation is 3. The number of hydrogen-bond donors (Lipinski definition) is 1. The highest BCUT2D eigenvalue weighted by molar-refractivity contribution is 5.86. The molecular weight excluding hydrogens is 352 g/mol. The molecule has 2 heterocycles. The first-order valence-corrected chi connectivity index (χ1v) is 10.6. The second-order valence-electron chi connectivity index (χ2n) is 8.14. The Kier molecular flexibility index (Phi) is 6.57. The molecule has 3 rings (SSSR count). The van der Waals surface area contributed by atoms with E-state index in [1.54, 1.807) is 11.8 Å². The first-order chi connectivity index (χ1) is 13.5. The second kappa shape index (κ2) is 8.93. The minimum absolute atomic E-state index is 0.158. The monoisotopic (exact) mass is 386 g/mol. The Bertz CT molecular complexity index is 843. The highest BCUT2D eigenvalue weighted by Crippen LogP contribution is 2.31. The van der Waals surface area contributed by atoms with Gasteiger partial charge in [-0.1, -0.05) is 26.2 Å². The topological polar surface area (TPSA) is 69.0 Å². The van der Waals surface area contributed by atoms with Gasteiger partial charge in [-0.25, -0.2) is 9.67 Å². The average Bonchev–Trinajstić information content (AvgIpc) is 3.23. The molecule has 6 heteroatoms. The van der Waals surface area contributed by atoms with E-state index in [1.165, 1.54) is 32.1 Å².